The summed E-state index contributed by atoms with van der Waals surface area (Å²) in [5.41, 5.74) is 7.20. The zero-order valence-corrected chi connectivity index (χ0v) is 15.4. The van der Waals surface area contributed by atoms with Gasteiger partial charge in [0.05, 0.1) is 5.56 Å². The van der Waals surface area contributed by atoms with Crippen molar-refractivity contribution < 1.29 is 24.5 Å². The quantitative estimate of drug-likeness (QED) is 0.586. The second-order valence-corrected chi connectivity index (χ2v) is 6.99. The van der Waals surface area contributed by atoms with Crippen LogP contribution in [0.5, 0.6) is 5.75 Å². The van der Waals surface area contributed by atoms with E-state index < -0.39 is 18.3 Å². The van der Waals surface area contributed by atoms with E-state index in [4.69, 9.17) is 10.5 Å². The molecule has 1 amide bonds. The molecule has 0 bridgehead atoms. The first-order valence-corrected chi connectivity index (χ1v) is 9.33. The summed E-state index contributed by atoms with van der Waals surface area (Å²) in [6, 6.07) is 11.3. The van der Waals surface area contributed by atoms with Crippen LogP contribution in [-0.2, 0) is 0 Å². The molecule has 7 nitrogen and oxygen atoms in total. The van der Waals surface area contributed by atoms with Gasteiger partial charge in [0.25, 0.3) is 0 Å². The minimum atomic E-state index is -1.14. The Morgan fingerprint density at radius 1 is 1.07 bits per heavy atom. The highest BCUT2D eigenvalue weighted by molar-refractivity contribution is 5.90. The first-order valence-electron chi connectivity index (χ1n) is 9.33. The maximum absolute atomic E-state index is 12.2. The summed E-state index contributed by atoms with van der Waals surface area (Å²) in [7, 11) is 0. The van der Waals surface area contributed by atoms with Gasteiger partial charge in [-0.25, -0.2) is 9.59 Å². The number of carboxylic acid groups (broad SMARTS) is 1. The number of hydrogen-bond acceptors (Lipinski definition) is 5. The number of carbonyl (C=O) groups is 2. The van der Waals surface area contributed by atoms with E-state index in [1.54, 1.807) is 30.3 Å². The number of rotatable bonds is 5. The van der Waals surface area contributed by atoms with E-state index >= 15 is 0 Å². The van der Waals surface area contributed by atoms with Crippen LogP contribution in [0.25, 0.3) is 11.1 Å². The third-order valence-electron chi connectivity index (χ3n) is 4.85. The van der Waals surface area contributed by atoms with Crippen molar-refractivity contribution in [1.29, 1.82) is 0 Å². The molecular weight excluding hydrogens is 360 g/mol. The fourth-order valence-corrected chi connectivity index (χ4v) is 3.40. The van der Waals surface area contributed by atoms with Crippen LogP contribution in [0.4, 0.5) is 4.79 Å². The number of benzene rings is 2. The molecule has 1 aliphatic carbocycles. The van der Waals surface area contributed by atoms with Crippen molar-refractivity contribution in [2.45, 2.75) is 44.4 Å². The Morgan fingerprint density at radius 2 is 1.82 bits per heavy atom. The molecule has 1 atom stereocenters. The lowest BCUT2D eigenvalue weighted by Gasteiger charge is -2.22. The van der Waals surface area contributed by atoms with Gasteiger partial charge in [0.2, 0.25) is 0 Å². The molecule has 28 heavy (non-hydrogen) atoms. The summed E-state index contributed by atoms with van der Waals surface area (Å²) < 4.78 is 5.36. The van der Waals surface area contributed by atoms with Crippen molar-refractivity contribution in [3.8, 4) is 16.9 Å². The number of nitrogens with two attached hydrogens (primary N) is 1. The Hall–Kier alpha value is -2.90. The molecular formula is C21H24N2O5. The maximum Gasteiger partial charge on any atom is 0.412 e. The van der Waals surface area contributed by atoms with E-state index in [2.05, 4.69) is 5.32 Å². The Bertz CT molecular complexity index is 860. The Morgan fingerprint density at radius 3 is 2.50 bits per heavy atom. The Balaban J connectivity index is 1.84. The van der Waals surface area contributed by atoms with Gasteiger partial charge in [-0.2, -0.15) is 0 Å². The molecule has 5 N–H and O–H groups in total. The highest BCUT2D eigenvalue weighted by Gasteiger charge is 2.18. The summed E-state index contributed by atoms with van der Waals surface area (Å²) in [6.45, 7) is 0. The standard InChI is InChI=1S/C21H24N2O5/c22-19(24)14-6-4-5-13(9-14)15-10-16(20(25)26)12-18(11-15)28-21(27)23-17-7-2-1-3-8-17/h4-6,9-12,17,19,24H,1-3,7-8,22H2,(H,23,27)(H,25,26). The first-order chi connectivity index (χ1) is 13.4. The van der Waals surface area contributed by atoms with Gasteiger partial charge in [-0.3, -0.25) is 0 Å². The van der Waals surface area contributed by atoms with E-state index in [9.17, 15) is 19.8 Å². The first kappa shape index (κ1) is 19.9. The molecule has 0 heterocycles. The minimum Gasteiger partial charge on any atom is -0.478 e. The zero-order chi connectivity index (χ0) is 20.1. The molecule has 2 aromatic carbocycles. The molecule has 1 aliphatic rings. The largest absolute Gasteiger partial charge is 0.478 e. The molecule has 2 aromatic rings. The van der Waals surface area contributed by atoms with Crippen molar-refractivity contribution in [3.63, 3.8) is 0 Å². The van der Waals surface area contributed by atoms with Crippen LogP contribution in [0.1, 0.15) is 54.3 Å². The van der Waals surface area contributed by atoms with Crippen molar-refractivity contribution >= 4 is 12.1 Å². The maximum atomic E-state index is 12.2. The fourth-order valence-electron chi connectivity index (χ4n) is 3.40. The van der Waals surface area contributed by atoms with E-state index in [0.717, 1.165) is 25.7 Å². The lowest BCUT2D eigenvalue weighted by atomic mass is 9.96. The number of aliphatic hydroxyl groups is 1. The summed E-state index contributed by atoms with van der Waals surface area (Å²) in [5, 5.41) is 21.8. The predicted molar refractivity (Wildman–Crippen MR) is 104 cm³/mol. The van der Waals surface area contributed by atoms with E-state index in [1.165, 1.54) is 18.6 Å². The summed E-state index contributed by atoms with van der Waals surface area (Å²) in [5.74, 6) is -0.990. The molecule has 1 unspecified atom stereocenters. The predicted octanol–water partition coefficient (Wildman–Crippen LogP) is 3.42. The number of nitrogens with one attached hydrogen (secondary N) is 1. The summed E-state index contributed by atoms with van der Waals surface area (Å²) in [6.07, 6.45) is 3.44. The lowest BCUT2D eigenvalue weighted by molar-refractivity contribution is 0.0696. The van der Waals surface area contributed by atoms with Gasteiger partial charge in [0.15, 0.2) is 0 Å². The van der Waals surface area contributed by atoms with Gasteiger partial charge < -0.3 is 26.0 Å². The Labute approximate surface area is 163 Å². The molecule has 0 aliphatic heterocycles. The van der Waals surface area contributed by atoms with Gasteiger partial charge in [-0.15, -0.1) is 0 Å². The van der Waals surface area contributed by atoms with Crippen molar-refractivity contribution in [3.05, 3.63) is 53.6 Å². The fraction of sp³-hybridized carbons (Fsp3) is 0.333. The zero-order valence-electron chi connectivity index (χ0n) is 15.4. The molecule has 7 heteroatoms. The molecule has 0 aromatic heterocycles. The second kappa shape index (κ2) is 8.86. The highest BCUT2D eigenvalue weighted by Crippen LogP contribution is 2.28. The summed E-state index contributed by atoms with van der Waals surface area (Å²) in [4.78, 5) is 23.7. The molecule has 1 fully saturated rings. The molecule has 148 valence electrons. The van der Waals surface area contributed by atoms with E-state index in [1.807, 2.05) is 0 Å². The average Bonchev–Trinajstić information content (AvgIpc) is 2.68. The Kier molecular flexibility index (Phi) is 6.28. The molecule has 0 spiro atoms. The second-order valence-electron chi connectivity index (χ2n) is 6.99. The van der Waals surface area contributed by atoms with Gasteiger partial charge in [0, 0.05) is 6.04 Å². The van der Waals surface area contributed by atoms with Crippen LogP contribution in [0.15, 0.2) is 42.5 Å². The van der Waals surface area contributed by atoms with Crippen molar-refractivity contribution in [1.82, 2.24) is 5.32 Å². The molecule has 1 saturated carbocycles. The minimum absolute atomic E-state index is 0.00309. The van der Waals surface area contributed by atoms with Gasteiger partial charge >= 0.3 is 12.1 Å². The van der Waals surface area contributed by atoms with Crippen LogP contribution < -0.4 is 15.8 Å². The SMILES string of the molecule is NC(O)c1cccc(-c2cc(OC(=O)NC3CCCCC3)cc(C(=O)O)c2)c1. The van der Waals surface area contributed by atoms with Crippen LogP contribution in [0, 0.1) is 0 Å². The van der Waals surface area contributed by atoms with Crippen molar-refractivity contribution in [2.24, 2.45) is 5.73 Å². The molecule has 3 rings (SSSR count). The average molecular weight is 384 g/mol. The number of ether oxygens (including phenoxy) is 1. The normalized spacial score (nSPS) is 15.6. The molecule has 0 saturated heterocycles. The van der Waals surface area contributed by atoms with Crippen molar-refractivity contribution in [2.75, 3.05) is 0 Å². The lowest BCUT2D eigenvalue weighted by Crippen LogP contribution is -2.38. The highest BCUT2D eigenvalue weighted by atomic mass is 16.6. The number of aromatic carboxylic acids is 1. The van der Waals surface area contributed by atoms with Crippen LogP contribution >= 0.6 is 0 Å². The monoisotopic (exact) mass is 384 g/mol. The third kappa shape index (κ3) is 5.09. The number of carbonyl (C=O) groups excluding carboxylic acids is 1. The summed E-state index contributed by atoms with van der Waals surface area (Å²) >= 11 is 0. The van der Waals surface area contributed by atoms with E-state index in [0.29, 0.717) is 16.7 Å². The topological polar surface area (TPSA) is 122 Å². The number of hydrogen-bond donors (Lipinski definition) is 4. The number of aliphatic hydroxyl groups excluding tert-OH is 1. The van der Waals surface area contributed by atoms with E-state index in [-0.39, 0.29) is 17.4 Å². The number of amides is 1. The van der Waals surface area contributed by atoms with Gasteiger partial charge in [-0.1, -0.05) is 37.5 Å². The van der Waals surface area contributed by atoms with Crippen LogP contribution in [-0.4, -0.2) is 28.3 Å². The van der Waals surface area contributed by atoms with Crippen LogP contribution in [0.3, 0.4) is 0 Å². The smallest absolute Gasteiger partial charge is 0.412 e. The third-order valence-corrected chi connectivity index (χ3v) is 4.85. The number of carboxylic acids is 1. The van der Waals surface area contributed by atoms with Gasteiger partial charge in [-0.05, 0) is 53.8 Å². The van der Waals surface area contributed by atoms with Gasteiger partial charge in [0.1, 0.15) is 12.0 Å². The molecule has 0 radical (unpaired) electrons. The van der Waals surface area contributed by atoms with Crippen LogP contribution in [0.2, 0.25) is 0 Å².